The van der Waals surface area contributed by atoms with Crippen LogP contribution in [0, 0.1) is 0 Å². The summed E-state index contributed by atoms with van der Waals surface area (Å²) >= 11 is 0. The Morgan fingerprint density at radius 3 is 2.50 bits per heavy atom. The highest BCUT2D eigenvalue weighted by Crippen LogP contribution is 2.45. The minimum atomic E-state index is -0.424. The number of aliphatic hydroxyl groups is 1. The van der Waals surface area contributed by atoms with Gasteiger partial charge in [0.1, 0.15) is 11.4 Å². The van der Waals surface area contributed by atoms with E-state index in [2.05, 4.69) is 13.8 Å². The summed E-state index contributed by atoms with van der Waals surface area (Å²) in [6.45, 7) is 4.15. The standard InChI is InChI=1S/C15H20O3/c1-10-7-15(8-11(2)17-10)9-13(16)12-5-3-4-6-14(12)18-15/h3-6,10-11,13,16H,7-9H2,1-2H3/t10?,11?,13-,15?/m0/s1. The SMILES string of the molecule is CC1CC2(CC(C)O1)C[C@H](O)c1ccccc1O2. The number of hydrogen-bond donors (Lipinski definition) is 1. The van der Waals surface area contributed by atoms with Crippen LogP contribution in [0.4, 0.5) is 0 Å². The fraction of sp³-hybridized carbons (Fsp3) is 0.600. The molecule has 98 valence electrons. The van der Waals surface area contributed by atoms with Crippen molar-refractivity contribution in [2.24, 2.45) is 0 Å². The summed E-state index contributed by atoms with van der Waals surface area (Å²) in [5.74, 6) is 0.831. The van der Waals surface area contributed by atoms with Gasteiger partial charge in [-0.25, -0.2) is 0 Å². The lowest BCUT2D eigenvalue weighted by atomic mass is 9.79. The summed E-state index contributed by atoms with van der Waals surface area (Å²) in [6, 6.07) is 7.79. The van der Waals surface area contributed by atoms with Gasteiger partial charge in [0.2, 0.25) is 0 Å². The molecule has 1 aromatic carbocycles. The highest BCUT2D eigenvalue weighted by atomic mass is 16.5. The number of ether oxygens (including phenoxy) is 2. The van der Waals surface area contributed by atoms with E-state index in [-0.39, 0.29) is 17.8 Å². The lowest BCUT2D eigenvalue weighted by Gasteiger charge is -2.46. The van der Waals surface area contributed by atoms with Crippen LogP contribution in [-0.4, -0.2) is 22.9 Å². The molecule has 1 spiro atoms. The van der Waals surface area contributed by atoms with E-state index in [1.807, 2.05) is 24.3 Å². The minimum absolute atomic E-state index is 0.186. The Bertz CT molecular complexity index is 433. The molecule has 0 aromatic heterocycles. The van der Waals surface area contributed by atoms with Gasteiger partial charge in [-0.3, -0.25) is 0 Å². The molecule has 1 saturated heterocycles. The molecule has 0 amide bonds. The maximum Gasteiger partial charge on any atom is 0.125 e. The highest BCUT2D eigenvalue weighted by Gasteiger charge is 2.45. The average Bonchev–Trinajstić information content (AvgIpc) is 2.26. The zero-order chi connectivity index (χ0) is 12.8. The Kier molecular flexibility index (Phi) is 2.83. The van der Waals surface area contributed by atoms with Crippen molar-refractivity contribution in [1.29, 1.82) is 0 Å². The molecular weight excluding hydrogens is 228 g/mol. The second kappa shape index (κ2) is 4.25. The van der Waals surface area contributed by atoms with Gasteiger partial charge in [0, 0.05) is 24.8 Å². The monoisotopic (exact) mass is 248 g/mol. The van der Waals surface area contributed by atoms with E-state index >= 15 is 0 Å². The molecule has 1 aromatic rings. The van der Waals surface area contributed by atoms with Crippen molar-refractivity contribution in [1.82, 2.24) is 0 Å². The smallest absolute Gasteiger partial charge is 0.125 e. The Balaban J connectivity index is 1.93. The average molecular weight is 248 g/mol. The normalized spacial score (nSPS) is 39.2. The van der Waals surface area contributed by atoms with Gasteiger partial charge in [0.25, 0.3) is 0 Å². The van der Waals surface area contributed by atoms with E-state index in [4.69, 9.17) is 9.47 Å². The minimum Gasteiger partial charge on any atom is -0.487 e. The molecule has 2 aliphatic heterocycles. The third kappa shape index (κ3) is 2.02. The topological polar surface area (TPSA) is 38.7 Å². The largest absolute Gasteiger partial charge is 0.487 e. The Labute approximate surface area is 108 Å². The molecule has 3 rings (SSSR count). The Morgan fingerprint density at radius 1 is 1.11 bits per heavy atom. The van der Waals surface area contributed by atoms with Gasteiger partial charge in [-0.1, -0.05) is 18.2 Å². The molecule has 1 N–H and O–H groups in total. The molecule has 2 aliphatic rings. The summed E-state index contributed by atoms with van der Waals surface area (Å²) in [4.78, 5) is 0. The van der Waals surface area contributed by atoms with Gasteiger partial charge < -0.3 is 14.6 Å². The number of para-hydroxylation sites is 1. The van der Waals surface area contributed by atoms with Crippen LogP contribution in [-0.2, 0) is 4.74 Å². The first-order valence-electron chi connectivity index (χ1n) is 6.69. The fourth-order valence-electron chi connectivity index (χ4n) is 3.46. The lowest BCUT2D eigenvalue weighted by Crippen LogP contribution is -2.50. The lowest BCUT2D eigenvalue weighted by molar-refractivity contribution is -0.140. The fourth-order valence-corrected chi connectivity index (χ4v) is 3.46. The first-order chi connectivity index (χ1) is 8.58. The Morgan fingerprint density at radius 2 is 1.78 bits per heavy atom. The van der Waals surface area contributed by atoms with Gasteiger partial charge in [-0.2, -0.15) is 0 Å². The molecule has 0 saturated carbocycles. The van der Waals surface area contributed by atoms with Crippen LogP contribution in [0.2, 0.25) is 0 Å². The highest BCUT2D eigenvalue weighted by molar-refractivity contribution is 5.38. The van der Waals surface area contributed by atoms with Gasteiger partial charge >= 0.3 is 0 Å². The first kappa shape index (κ1) is 12.0. The van der Waals surface area contributed by atoms with Crippen molar-refractivity contribution >= 4 is 0 Å². The number of benzene rings is 1. The van der Waals surface area contributed by atoms with Crippen LogP contribution in [0.1, 0.15) is 44.8 Å². The second-order valence-electron chi connectivity index (χ2n) is 5.71. The summed E-state index contributed by atoms with van der Waals surface area (Å²) in [5.41, 5.74) is 0.653. The number of fused-ring (bicyclic) bond motifs is 1. The van der Waals surface area contributed by atoms with E-state index in [0.717, 1.165) is 24.2 Å². The molecule has 2 heterocycles. The Hall–Kier alpha value is -1.06. The summed E-state index contributed by atoms with van der Waals surface area (Å²) in [7, 11) is 0. The second-order valence-corrected chi connectivity index (χ2v) is 5.71. The molecule has 1 fully saturated rings. The number of rotatable bonds is 0. The van der Waals surface area contributed by atoms with Crippen LogP contribution < -0.4 is 4.74 Å². The van der Waals surface area contributed by atoms with Crippen molar-refractivity contribution in [3.05, 3.63) is 29.8 Å². The van der Waals surface area contributed by atoms with E-state index < -0.39 is 6.10 Å². The molecule has 3 heteroatoms. The van der Waals surface area contributed by atoms with Crippen LogP contribution in [0.5, 0.6) is 5.75 Å². The van der Waals surface area contributed by atoms with Gasteiger partial charge in [0.05, 0.1) is 18.3 Å². The predicted octanol–water partition coefficient (Wildman–Crippen LogP) is 2.83. The van der Waals surface area contributed by atoms with Crippen LogP contribution >= 0.6 is 0 Å². The predicted molar refractivity (Wildman–Crippen MR) is 68.6 cm³/mol. The third-order valence-corrected chi connectivity index (χ3v) is 3.95. The van der Waals surface area contributed by atoms with Crippen molar-refractivity contribution in [2.45, 2.75) is 57.0 Å². The molecule has 0 bridgehead atoms. The van der Waals surface area contributed by atoms with Gasteiger partial charge in [0.15, 0.2) is 0 Å². The molecule has 3 atom stereocenters. The van der Waals surface area contributed by atoms with E-state index in [9.17, 15) is 5.11 Å². The molecule has 0 radical (unpaired) electrons. The first-order valence-corrected chi connectivity index (χ1v) is 6.69. The van der Waals surface area contributed by atoms with Crippen LogP contribution in [0.15, 0.2) is 24.3 Å². The maximum absolute atomic E-state index is 10.3. The number of aliphatic hydroxyl groups excluding tert-OH is 1. The van der Waals surface area contributed by atoms with E-state index in [1.54, 1.807) is 0 Å². The van der Waals surface area contributed by atoms with Crippen LogP contribution in [0.3, 0.4) is 0 Å². The summed E-state index contributed by atoms with van der Waals surface area (Å²) in [6.07, 6.45) is 2.32. The quantitative estimate of drug-likeness (QED) is 0.767. The van der Waals surface area contributed by atoms with E-state index in [1.165, 1.54) is 0 Å². The van der Waals surface area contributed by atoms with Crippen LogP contribution in [0.25, 0.3) is 0 Å². The molecule has 2 unspecified atom stereocenters. The summed E-state index contributed by atoms with van der Waals surface area (Å²) < 4.78 is 12.0. The third-order valence-electron chi connectivity index (χ3n) is 3.95. The summed E-state index contributed by atoms with van der Waals surface area (Å²) in [5, 5.41) is 10.3. The van der Waals surface area contributed by atoms with Crippen molar-refractivity contribution in [2.75, 3.05) is 0 Å². The molecule has 0 aliphatic carbocycles. The number of hydrogen-bond acceptors (Lipinski definition) is 3. The van der Waals surface area contributed by atoms with Crippen molar-refractivity contribution in [3.8, 4) is 5.75 Å². The van der Waals surface area contributed by atoms with Crippen molar-refractivity contribution in [3.63, 3.8) is 0 Å². The van der Waals surface area contributed by atoms with Crippen molar-refractivity contribution < 1.29 is 14.6 Å². The zero-order valence-electron chi connectivity index (χ0n) is 10.9. The van der Waals surface area contributed by atoms with Gasteiger partial charge in [-0.05, 0) is 19.9 Å². The maximum atomic E-state index is 10.3. The zero-order valence-corrected chi connectivity index (χ0v) is 10.9. The van der Waals surface area contributed by atoms with Gasteiger partial charge in [-0.15, -0.1) is 0 Å². The van der Waals surface area contributed by atoms with E-state index in [0.29, 0.717) is 6.42 Å². The molecule has 3 nitrogen and oxygen atoms in total. The molecule has 18 heavy (non-hydrogen) atoms. The molecular formula is C15H20O3.